The Morgan fingerprint density at radius 3 is 2.16 bits per heavy atom. The molecule has 100 valence electrons. The summed E-state index contributed by atoms with van der Waals surface area (Å²) in [6, 6.07) is 17.1. The quantitative estimate of drug-likeness (QED) is 0.614. The van der Waals surface area contributed by atoms with Gasteiger partial charge in [0.15, 0.2) is 0 Å². The van der Waals surface area contributed by atoms with E-state index in [0.717, 1.165) is 5.56 Å². The molecule has 1 heteroatoms. The van der Waals surface area contributed by atoms with Gasteiger partial charge in [-0.25, -0.2) is 0 Å². The molecule has 0 heterocycles. The van der Waals surface area contributed by atoms with Crippen LogP contribution in [-0.4, -0.2) is 0 Å². The van der Waals surface area contributed by atoms with Crippen LogP contribution in [0.2, 0.25) is 0 Å². The van der Waals surface area contributed by atoms with Crippen molar-refractivity contribution in [3.63, 3.8) is 0 Å². The number of hydrogen-bond acceptors (Lipinski definition) is 0. The first-order valence-electron chi connectivity index (χ1n) is 6.92. The summed E-state index contributed by atoms with van der Waals surface area (Å²) >= 11 is 6.57. The smallest absolute Gasteiger partial charge is 0.0835 e. The number of benzene rings is 2. The maximum atomic E-state index is 6.57. The topological polar surface area (TPSA) is 0 Å². The second-order valence-corrected chi connectivity index (χ2v) is 5.69. The highest BCUT2D eigenvalue weighted by molar-refractivity contribution is 6.22. The van der Waals surface area contributed by atoms with Gasteiger partial charge in [0.2, 0.25) is 0 Å². The van der Waals surface area contributed by atoms with Crippen LogP contribution in [0.25, 0.3) is 0 Å². The third kappa shape index (κ3) is 3.39. The summed E-state index contributed by atoms with van der Waals surface area (Å²) < 4.78 is 0. The molecule has 2 unspecified atom stereocenters. The minimum absolute atomic E-state index is 0.0640. The Morgan fingerprint density at radius 2 is 1.58 bits per heavy atom. The van der Waals surface area contributed by atoms with Crippen molar-refractivity contribution in [1.29, 1.82) is 0 Å². The summed E-state index contributed by atoms with van der Waals surface area (Å²) in [6.07, 6.45) is 1.17. The van der Waals surface area contributed by atoms with Gasteiger partial charge in [0.05, 0.1) is 5.38 Å². The van der Waals surface area contributed by atoms with Gasteiger partial charge in [-0.2, -0.15) is 0 Å². The van der Waals surface area contributed by atoms with Gasteiger partial charge in [-0.1, -0.05) is 67.9 Å². The number of rotatable bonds is 4. The van der Waals surface area contributed by atoms with Gasteiger partial charge < -0.3 is 0 Å². The zero-order valence-corrected chi connectivity index (χ0v) is 12.6. The molecule has 0 fully saturated rings. The van der Waals surface area contributed by atoms with E-state index in [1.807, 2.05) is 0 Å². The van der Waals surface area contributed by atoms with Crippen LogP contribution in [0.1, 0.15) is 53.8 Å². The summed E-state index contributed by atoms with van der Waals surface area (Å²) in [7, 11) is 0. The van der Waals surface area contributed by atoms with Crippen molar-refractivity contribution in [1.82, 2.24) is 0 Å². The largest absolute Gasteiger partial charge is 0.113 e. The van der Waals surface area contributed by atoms with Crippen molar-refractivity contribution in [3.8, 4) is 0 Å². The van der Waals surface area contributed by atoms with Crippen LogP contribution in [0.3, 0.4) is 0 Å². The van der Waals surface area contributed by atoms with Crippen molar-refractivity contribution >= 4 is 11.6 Å². The standard InChI is InChI=1S/C18H21Cl/c1-4-14(3)15-8-10-16(11-9-15)18(19)17-7-5-6-13(2)12-17/h5-12,14,18H,4H2,1-3H3. The van der Waals surface area contributed by atoms with Crippen LogP contribution in [0, 0.1) is 6.92 Å². The van der Waals surface area contributed by atoms with Gasteiger partial charge in [0.1, 0.15) is 0 Å². The Balaban J connectivity index is 2.22. The third-order valence-electron chi connectivity index (χ3n) is 3.75. The molecule has 2 aromatic rings. The number of halogens is 1. The van der Waals surface area contributed by atoms with Gasteiger partial charge in [0, 0.05) is 0 Å². The summed E-state index contributed by atoms with van der Waals surface area (Å²) in [6.45, 7) is 6.57. The van der Waals surface area contributed by atoms with Crippen LogP contribution in [0.5, 0.6) is 0 Å². The first-order chi connectivity index (χ1) is 9.11. The highest BCUT2D eigenvalue weighted by atomic mass is 35.5. The number of alkyl halides is 1. The predicted molar refractivity (Wildman–Crippen MR) is 84.0 cm³/mol. The zero-order valence-electron chi connectivity index (χ0n) is 11.9. The molecule has 2 aromatic carbocycles. The van der Waals surface area contributed by atoms with E-state index in [1.54, 1.807) is 0 Å². The maximum absolute atomic E-state index is 6.57. The summed E-state index contributed by atoms with van der Waals surface area (Å²) in [5, 5.41) is -0.0640. The Hall–Kier alpha value is -1.27. The van der Waals surface area contributed by atoms with Crippen molar-refractivity contribution in [3.05, 3.63) is 70.8 Å². The average Bonchev–Trinajstić information content (AvgIpc) is 2.46. The molecule has 0 spiro atoms. The van der Waals surface area contributed by atoms with E-state index in [2.05, 4.69) is 69.3 Å². The predicted octanol–water partition coefficient (Wildman–Crippen LogP) is 5.84. The highest BCUT2D eigenvalue weighted by Gasteiger charge is 2.11. The average molecular weight is 273 g/mol. The highest BCUT2D eigenvalue weighted by Crippen LogP contribution is 2.30. The molecule has 2 atom stereocenters. The fraction of sp³-hybridized carbons (Fsp3) is 0.333. The molecule has 0 amide bonds. The molecule has 2 rings (SSSR count). The summed E-state index contributed by atoms with van der Waals surface area (Å²) in [4.78, 5) is 0. The number of hydrogen-bond donors (Lipinski definition) is 0. The molecule has 19 heavy (non-hydrogen) atoms. The molecule has 0 aliphatic rings. The molecule has 0 N–H and O–H groups in total. The van der Waals surface area contributed by atoms with Crippen LogP contribution in [0.4, 0.5) is 0 Å². The minimum Gasteiger partial charge on any atom is -0.113 e. The van der Waals surface area contributed by atoms with E-state index in [1.165, 1.54) is 23.1 Å². The van der Waals surface area contributed by atoms with E-state index < -0.39 is 0 Å². The van der Waals surface area contributed by atoms with Gasteiger partial charge >= 0.3 is 0 Å². The molecule has 0 bridgehead atoms. The lowest BCUT2D eigenvalue weighted by molar-refractivity contribution is 0.733. The van der Waals surface area contributed by atoms with Crippen molar-refractivity contribution in [2.24, 2.45) is 0 Å². The Morgan fingerprint density at radius 1 is 0.947 bits per heavy atom. The first-order valence-corrected chi connectivity index (χ1v) is 7.36. The second-order valence-electron chi connectivity index (χ2n) is 5.25. The third-order valence-corrected chi connectivity index (χ3v) is 4.25. The van der Waals surface area contributed by atoms with Crippen molar-refractivity contribution < 1.29 is 0 Å². The molecule has 0 aliphatic carbocycles. The van der Waals surface area contributed by atoms with E-state index in [4.69, 9.17) is 11.6 Å². The lowest BCUT2D eigenvalue weighted by Crippen LogP contribution is -1.96. The van der Waals surface area contributed by atoms with Gasteiger partial charge in [0.25, 0.3) is 0 Å². The zero-order chi connectivity index (χ0) is 13.8. The van der Waals surface area contributed by atoms with Crippen molar-refractivity contribution in [2.45, 2.75) is 38.5 Å². The van der Waals surface area contributed by atoms with Crippen LogP contribution in [0.15, 0.2) is 48.5 Å². The van der Waals surface area contributed by atoms with Gasteiger partial charge in [-0.3, -0.25) is 0 Å². The van der Waals surface area contributed by atoms with Crippen LogP contribution >= 0.6 is 11.6 Å². The van der Waals surface area contributed by atoms with Crippen LogP contribution in [-0.2, 0) is 0 Å². The second kappa shape index (κ2) is 6.25. The maximum Gasteiger partial charge on any atom is 0.0835 e. The van der Waals surface area contributed by atoms with Crippen molar-refractivity contribution in [2.75, 3.05) is 0 Å². The van der Waals surface area contributed by atoms with E-state index in [9.17, 15) is 0 Å². The molecular weight excluding hydrogens is 252 g/mol. The fourth-order valence-corrected chi connectivity index (χ4v) is 2.53. The van der Waals surface area contributed by atoms with E-state index in [0.29, 0.717) is 5.92 Å². The number of aryl methyl sites for hydroxylation is 1. The van der Waals surface area contributed by atoms with Gasteiger partial charge in [-0.15, -0.1) is 11.6 Å². The fourth-order valence-electron chi connectivity index (χ4n) is 2.25. The van der Waals surface area contributed by atoms with E-state index >= 15 is 0 Å². The molecule has 0 radical (unpaired) electrons. The summed E-state index contributed by atoms with van der Waals surface area (Å²) in [5.74, 6) is 0.613. The minimum atomic E-state index is -0.0640. The molecule has 0 nitrogen and oxygen atoms in total. The lowest BCUT2D eigenvalue weighted by Gasteiger charge is -2.14. The normalized spacial score (nSPS) is 14.1. The summed E-state index contributed by atoms with van der Waals surface area (Å²) in [5.41, 5.74) is 4.97. The van der Waals surface area contributed by atoms with E-state index in [-0.39, 0.29) is 5.38 Å². The van der Waals surface area contributed by atoms with Crippen LogP contribution < -0.4 is 0 Å². The lowest BCUT2D eigenvalue weighted by atomic mass is 9.95. The molecule has 0 saturated carbocycles. The Bertz CT molecular complexity index is 528. The Kier molecular flexibility index (Phi) is 4.66. The van der Waals surface area contributed by atoms with Gasteiger partial charge in [-0.05, 0) is 36.0 Å². The Labute approximate surface area is 121 Å². The monoisotopic (exact) mass is 272 g/mol. The molecule has 0 aromatic heterocycles. The SMILES string of the molecule is CCC(C)c1ccc(C(Cl)c2cccc(C)c2)cc1. The molecule has 0 saturated heterocycles. The molecular formula is C18H21Cl. The molecule has 0 aliphatic heterocycles. The first kappa shape index (κ1) is 14.1.